The lowest BCUT2D eigenvalue weighted by Gasteiger charge is -2.67. The normalized spacial score (nSPS) is 34.4. The van der Waals surface area contributed by atoms with E-state index in [9.17, 15) is 54.3 Å². The van der Waals surface area contributed by atoms with Crippen molar-refractivity contribution in [2.45, 2.75) is 171 Å². The topological polar surface area (TPSA) is 288 Å². The number of phenols is 1. The summed E-state index contributed by atoms with van der Waals surface area (Å²) in [4.78, 5) is 102. The van der Waals surface area contributed by atoms with Crippen LogP contribution in [0.25, 0.3) is 0 Å². The van der Waals surface area contributed by atoms with Gasteiger partial charge in [0.15, 0.2) is 23.6 Å². The van der Waals surface area contributed by atoms with Gasteiger partial charge in [-0.2, -0.15) is 0 Å². The van der Waals surface area contributed by atoms with Crippen molar-refractivity contribution < 1.29 is 87.5 Å². The van der Waals surface area contributed by atoms with Gasteiger partial charge in [0.05, 0.1) is 54.6 Å². The highest BCUT2D eigenvalue weighted by atomic mass is 16.6. The number of benzene rings is 4. The van der Waals surface area contributed by atoms with Crippen LogP contribution in [0.5, 0.6) is 5.75 Å². The number of carbonyl (C=O) groups excluding carboxylic acids is 7. The first-order valence-corrected chi connectivity index (χ1v) is 29.7. The third kappa shape index (κ3) is 10.1. The number of aliphatic hydroxyl groups is 4. The van der Waals surface area contributed by atoms with E-state index in [2.05, 4.69) is 5.32 Å². The maximum atomic E-state index is 16.4. The number of aryl methyl sites for hydroxylation is 1. The molecule has 1 heterocycles. The summed E-state index contributed by atoms with van der Waals surface area (Å²) in [6.45, 7) is 8.70. The molecule has 0 spiro atoms. The molecule has 1 aliphatic heterocycles. The molecule has 4 aromatic carbocycles. The second-order valence-corrected chi connectivity index (χ2v) is 25.8. The lowest BCUT2D eigenvalue weighted by Crippen LogP contribution is -2.82. The predicted octanol–water partition coefficient (Wildman–Crippen LogP) is 6.64. The van der Waals surface area contributed by atoms with Crippen LogP contribution in [-0.4, -0.2) is 134 Å². The van der Waals surface area contributed by atoms with Gasteiger partial charge in [0, 0.05) is 42.1 Å². The van der Waals surface area contributed by atoms with Crippen LogP contribution in [0.4, 0.5) is 0 Å². The maximum Gasteiger partial charge on any atom is 0.338 e. The van der Waals surface area contributed by atoms with Gasteiger partial charge in [-0.05, 0) is 122 Å². The second-order valence-electron chi connectivity index (χ2n) is 25.8. The number of rotatable bonds is 14. The summed E-state index contributed by atoms with van der Waals surface area (Å²) in [5.74, 6) is -8.15. The molecule has 1 amide bonds. The molecule has 86 heavy (non-hydrogen) atoms. The number of esters is 5. The second kappa shape index (κ2) is 22.8. The van der Waals surface area contributed by atoms with Gasteiger partial charge in [-0.25, -0.2) is 9.59 Å². The van der Waals surface area contributed by atoms with E-state index in [1.165, 1.54) is 39.8 Å². The van der Waals surface area contributed by atoms with Crippen LogP contribution in [0.3, 0.4) is 0 Å². The number of nitrogens with one attached hydrogen (secondary N) is 1. The smallest absolute Gasteiger partial charge is 0.338 e. The molecule has 19 nitrogen and oxygen atoms in total. The van der Waals surface area contributed by atoms with Crippen molar-refractivity contribution in [3.8, 4) is 5.75 Å². The highest BCUT2D eigenvalue weighted by Crippen LogP contribution is 2.65. The Morgan fingerprint density at radius 3 is 2.05 bits per heavy atom. The molecule has 7 aliphatic rings. The molecule has 17 atom stereocenters. The molecule has 1 saturated heterocycles. The van der Waals surface area contributed by atoms with Crippen molar-refractivity contribution in [2.24, 2.45) is 34.0 Å². The van der Waals surface area contributed by atoms with Gasteiger partial charge in [0.2, 0.25) is 0 Å². The van der Waals surface area contributed by atoms with Gasteiger partial charge in [-0.15, -0.1) is 0 Å². The van der Waals surface area contributed by atoms with E-state index >= 15 is 4.79 Å². The molecule has 0 unspecified atom stereocenters. The van der Waals surface area contributed by atoms with Crippen LogP contribution in [0.2, 0.25) is 0 Å². The monoisotopic (exact) mass is 1180 g/mol. The van der Waals surface area contributed by atoms with Gasteiger partial charge in [0.25, 0.3) is 5.91 Å². The molecular weight excluding hydrogens is 1110 g/mol. The molecule has 0 aromatic heterocycles. The summed E-state index contributed by atoms with van der Waals surface area (Å²) in [7, 11) is 0. The minimum absolute atomic E-state index is 0.0219. The van der Waals surface area contributed by atoms with Crippen molar-refractivity contribution in [1.82, 2.24) is 5.32 Å². The number of Topliss-reactive ketones (excluding diaryl/α,β-unsaturated/α-hetero) is 1. The minimum atomic E-state index is -2.54. The molecule has 4 aromatic rings. The Balaban J connectivity index is 0.970. The first kappa shape index (κ1) is 60.4. The standard InChI is InChI=1S/C67H75NO18/c1-35-45(83-62(79)55(75)54(37-16-10-7-11-17-37)68-60(77)38-18-12-8-13-19-38)33-67(80)59(85-61(78)39-20-14-9-15-21-39)57-65(6,48(72)31-49-66(57,34-81-49)86-36(2)69)58(76)56(53(35)63(67,3)4)84-51(74)29-28-50(73)82-46-32-64(5)44(26-27-47(64)71)43-24-22-40-30-41(70)23-25-42(40)52(43)46/h7-21,23,25,30,43-49,52,54-57,59,70-72,75,80H,22,24,26-29,31-34H2,1-6H3,(H,68,77)/t43-,44-,45-,46+,47-,48+,49+,52+,54-,55+,56+,57-,59-,64-,65+,66-,67+/m0/s1. The molecule has 11 rings (SSSR count). The van der Waals surface area contributed by atoms with E-state index in [1.807, 2.05) is 13.0 Å². The molecule has 5 fully saturated rings. The summed E-state index contributed by atoms with van der Waals surface area (Å²) < 4.78 is 37.7. The third-order valence-electron chi connectivity index (χ3n) is 20.9. The van der Waals surface area contributed by atoms with Gasteiger partial charge < -0.3 is 59.3 Å². The highest BCUT2D eigenvalue weighted by molar-refractivity contribution is 5.96. The molecule has 4 saturated carbocycles. The Kier molecular flexibility index (Phi) is 16.0. The molecule has 6 N–H and O–H groups in total. The zero-order chi connectivity index (χ0) is 61.4. The number of phenolic OH excluding ortho intramolecular Hbond substituents is 1. The van der Waals surface area contributed by atoms with E-state index in [0.717, 1.165) is 30.9 Å². The summed E-state index contributed by atoms with van der Waals surface area (Å²) >= 11 is 0. The number of ketones is 1. The Morgan fingerprint density at radius 2 is 1.41 bits per heavy atom. The zero-order valence-electron chi connectivity index (χ0n) is 49.0. The summed E-state index contributed by atoms with van der Waals surface area (Å²) in [5, 5.41) is 63.4. The molecule has 0 radical (unpaired) electrons. The Labute approximate surface area is 498 Å². The molecular formula is C67H75NO18. The Bertz CT molecular complexity index is 3350. The SMILES string of the molecule is CC(=O)O[C@@]12CO[C@@H]1C[C@@H](O)[C@@]1(C)C(=O)[C@H](OC(=O)CCC(=O)O[C@@H]3C[C@]4(C)[C@@H](O)CC[C@H]4[C@@H]4CCc5cc(O)ccc5[C@H]43)C3=C(C)[C@@H](OC(=O)[C@H](O)[C@@H](NC(=O)c4ccccc4)c4ccccc4)C[C@@](O)([C@@H](OC(=O)c4ccccc4)[C@H]21)C3(C)C. The number of hydrogen-bond acceptors (Lipinski definition) is 18. The average molecular weight is 1180 g/mol. The van der Waals surface area contributed by atoms with Gasteiger partial charge in [0.1, 0.15) is 35.8 Å². The molecule has 19 heteroatoms. The quantitative estimate of drug-likeness (QED) is 0.0438. The minimum Gasteiger partial charge on any atom is -0.508 e. The van der Waals surface area contributed by atoms with Crippen LogP contribution >= 0.6 is 0 Å². The van der Waals surface area contributed by atoms with Crippen molar-refractivity contribution in [1.29, 1.82) is 0 Å². The first-order valence-electron chi connectivity index (χ1n) is 29.7. The number of carbonyl (C=O) groups is 7. The summed E-state index contributed by atoms with van der Waals surface area (Å²) in [6, 6.07) is 27.9. The number of aromatic hydroxyl groups is 1. The fourth-order valence-electron chi connectivity index (χ4n) is 16.3. The zero-order valence-corrected chi connectivity index (χ0v) is 49.0. The lowest BCUT2D eigenvalue weighted by molar-refractivity contribution is -0.346. The summed E-state index contributed by atoms with van der Waals surface area (Å²) in [5.41, 5.74) is -6.63. The van der Waals surface area contributed by atoms with Gasteiger partial charge in [-0.3, -0.25) is 24.0 Å². The molecule has 456 valence electrons. The van der Waals surface area contributed by atoms with E-state index in [-0.39, 0.29) is 52.2 Å². The molecule has 6 aliphatic carbocycles. The maximum absolute atomic E-state index is 16.4. The van der Waals surface area contributed by atoms with Crippen molar-refractivity contribution in [3.63, 3.8) is 0 Å². The van der Waals surface area contributed by atoms with E-state index in [1.54, 1.807) is 91.0 Å². The van der Waals surface area contributed by atoms with E-state index in [0.29, 0.717) is 24.8 Å². The number of aliphatic hydroxyl groups excluding tert-OH is 3. The van der Waals surface area contributed by atoms with Crippen molar-refractivity contribution >= 4 is 41.5 Å². The van der Waals surface area contributed by atoms with Crippen LogP contribution in [0.1, 0.15) is 142 Å². The number of ether oxygens (including phenoxy) is 6. The number of amides is 1. The summed E-state index contributed by atoms with van der Waals surface area (Å²) in [6.07, 6.45) is -10.8. The fraction of sp³-hybridized carbons (Fsp3) is 0.507. The van der Waals surface area contributed by atoms with Crippen LogP contribution in [0, 0.1) is 34.0 Å². The van der Waals surface area contributed by atoms with E-state index < -0.39 is 156 Å². The third-order valence-corrected chi connectivity index (χ3v) is 20.9. The predicted molar refractivity (Wildman–Crippen MR) is 305 cm³/mol. The van der Waals surface area contributed by atoms with Crippen LogP contribution in [-0.2, 0) is 58.8 Å². The fourth-order valence-corrected chi connectivity index (χ4v) is 16.3. The average Bonchev–Trinajstić information content (AvgIpc) is 0.753. The Hall–Kier alpha value is -7.29. The Morgan fingerprint density at radius 1 is 0.767 bits per heavy atom. The van der Waals surface area contributed by atoms with E-state index in [4.69, 9.17) is 28.4 Å². The van der Waals surface area contributed by atoms with Crippen LogP contribution in [0.15, 0.2) is 120 Å². The number of hydrogen-bond donors (Lipinski definition) is 6. The van der Waals surface area contributed by atoms with Crippen molar-refractivity contribution in [3.05, 3.63) is 148 Å². The first-order chi connectivity index (χ1) is 40.8. The lowest BCUT2D eigenvalue weighted by atomic mass is 9.44. The largest absolute Gasteiger partial charge is 0.508 e. The molecule has 2 bridgehead atoms. The van der Waals surface area contributed by atoms with Crippen molar-refractivity contribution in [2.75, 3.05) is 6.61 Å². The highest BCUT2D eigenvalue weighted by Gasteiger charge is 2.78. The van der Waals surface area contributed by atoms with Gasteiger partial charge >= 0.3 is 29.8 Å². The van der Waals surface area contributed by atoms with Crippen LogP contribution < -0.4 is 5.32 Å². The van der Waals surface area contributed by atoms with Gasteiger partial charge in [-0.1, -0.05) is 93.6 Å². The number of fused-ring (bicyclic) bond motifs is 10.